The summed E-state index contributed by atoms with van der Waals surface area (Å²) in [6.07, 6.45) is 0. The van der Waals surface area contributed by atoms with Gasteiger partial charge in [-0.3, -0.25) is 0 Å². The van der Waals surface area contributed by atoms with Gasteiger partial charge in [0.05, 0.1) is 10.6 Å². The normalized spacial score (nSPS) is 11.7. The molecule has 12 heavy (non-hydrogen) atoms. The van der Waals surface area contributed by atoms with Crippen LogP contribution in [0.2, 0.25) is 6.04 Å². The van der Waals surface area contributed by atoms with Crippen molar-refractivity contribution in [1.29, 1.82) is 0 Å². The number of hydrogen-bond acceptors (Lipinski definition) is 2. The minimum atomic E-state index is -2.98. The van der Waals surface area contributed by atoms with Crippen LogP contribution >= 0.6 is 0 Å². The summed E-state index contributed by atoms with van der Waals surface area (Å²) in [4.78, 5) is 0.445. The average Bonchev–Trinajstić information content (AvgIpc) is 2.06. The third kappa shape index (κ3) is 2.18. The molecule has 0 atom stereocenters. The van der Waals surface area contributed by atoms with E-state index in [2.05, 4.69) is 0 Å². The van der Waals surface area contributed by atoms with E-state index >= 15 is 0 Å². The van der Waals surface area contributed by atoms with E-state index in [9.17, 15) is 8.42 Å². The van der Waals surface area contributed by atoms with Crippen LogP contribution in [0.15, 0.2) is 35.2 Å². The Kier molecular flexibility index (Phi) is 3.05. The molecule has 4 heteroatoms. The van der Waals surface area contributed by atoms with Crippen LogP contribution in [0.4, 0.5) is 0 Å². The molecule has 0 aliphatic heterocycles. The molecule has 0 radical (unpaired) electrons. The Bertz CT molecular complexity index is 331. The third-order valence-electron chi connectivity index (χ3n) is 1.58. The van der Waals surface area contributed by atoms with Crippen molar-refractivity contribution < 1.29 is 8.42 Å². The highest BCUT2D eigenvalue weighted by molar-refractivity contribution is 7.91. The second-order valence-corrected chi connectivity index (χ2v) is 5.74. The zero-order valence-corrected chi connectivity index (χ0v) is 9.84. The highest BCUT2D eigenvalue weighted by atomic mass is 32.2. The Morgan fingerprint density at radius 1 is 1.17 bits per heavy atom. The average molecular weight is 200 g/mol. The second-order valence-electron chi connectivity index (χ2n) is 2.63. The van der Waals surface area contributed by atoms with Crippen molar-refractivity contribution in [3.05, 3.63) is 30.3 Å². The highest BCUT2D eigenvalue weighted by Gasteiger charge is 2.10. The summed E-state index contributed by atoms with van der Waals surface area (Å²) in [6, 6.07) is 9.41. The van der Waals surface area contributed by atoms with E-state index in [1.54, 1.807) is 24.3 Å². The zero-order valence-electron chi connectivity index (χ0n) is 7.03. The molecule has 0 amide bonds. The van der Waals surface area contributed by atoms with Gasteiger partial charge in [-0.15, -0.1) is 0 Å². The molecule has 1 aromatic rings. The molecule has 0 aromatic heterocycles. The molecule has 66 valence electrons. The van der Waals surface area contributed by atoms with Gasteiger partial charge in [0.2, 0.25) is 0 Å². The van der Waals surface area contributed by atoms with Gasteiger partial charge >= 0.3 is 0 Å². The topological polar surface area (TPSA) is 34.1 Å². The van der Waals surface area contributed by atoms with Crippen molar-refractivity contribution in [2.45, 2.75) is 10.9 Å². The SMILES string of the molecule is O=S(=O)(CC[SiH3])c1ccccc1. The van der Waals surface area contributed by atoms with Crippen LogP contribution in [0, 0.1) is 0 Å². The first kappa shape index (κ1) is 9.47. The number of benzene rings is 1. The van der Waals surface area contributed by atoms with Gasteiger partial charge in [0.15, 0.2) is 9.84 Å². The van der Waals surface area contributed by atoms with E-state index in [0.717, 1.165) is 16.3 Å². The maximum atomic E-state index is 11.5. The maximum Gasteiger partial charge on any atom is 0.178 e. The Morgan fingerprint density at radius 3 is 2.25 bits per heavy atom. The Morgan fingerprint density at radius 2 is 1.75 bits per heavy atom. The molecule has 0 fully saturated rings. The molecule has 0 heterocycles. The lowest BCUT2D eigenvalue weighted by molar-refractivity contribution is 0.597. The summed E-state index contributed by atoms with van der Waals surface area (Å²) in [5.74, 6) is 0.295. The molecule has 0 aliphatic carbocycles. The van der Waals surface area contributed by atoms with Crippen molar-refractivity contribution in [3.63, 3.8) is 0 Å². The van der Waals surface area contributed by atoms with Gasteiger partial charge in [-0.2, -0.15) is 0 Å². The number of rotatable bonds is 3. The zero-order chi connectivity index (χ0) is 9.03. The second kappa shape index (κ2) is 3.87. The van der Waals surface area contributed by atoms with Crippen LogP contribution in [-0.4, -0.2) is 24.4 Å². The van der Waals surface area contributed by atoms with Crippen LogP contribution in [0.25, 0.3) is 0 Å². The summed E-state index contributed by atoms with van der Waals surface area (Å²) in [5.41, 5.74) is 0. The van der Waals surface area contributed by atoms with Crippen molar-refractivity contribution in [1.82, 2.24) is 0 Å². The molecular weight excluding hydrogens is 188 g/mol. The van der Waals surface area contributed by atoms with Crippen LogP contribution in [0.3, 0.4) is 0 Å². The summed E-state index contributed by atoms with van der Waals surface area (Å²) >= 11 is 0. The molecule has 0 bridgehead atoms. The van der Waals surface area contributed by atoms with Gasteiger partial charge in [0.1, 0.15) is 0 Å². The predicted molar refractivity (Wildman–Crippen MR) is 53.2 cm³/mol. The molecule has 0 unspecified atom stereocenters. The van der Waals surface area contributed by atoms with Crippen molar-refractivity contribution in [3.8, 4) is 0 Å². The first-order valence-corrected chi connectivity index (χ1v) is 7.01. The largest absolute Gasteiger partial charge is 0.224 e. The van der Waals surface area contributed by atoms with Gasteiger partial charge < -0.3 is 0 Å². The lowest BCUT2D eigenvalue weighted by Crippen LogP contribution is -2.05. The van der Waals surface area contributed by atoms with Gasteiger partial charge in [0, 0.05) is 10.2 Å². The van der Waals surface area contributed by atoms with E-state index in [1.165, 1.54) is 0 Å². The molecule has 0 saturated carbocycles. The summed E-state index contributed by atoms with van der Waals surface area (Å²) < 4.78 is 22.9. The number of hydrogen-bond donors (Lipinski definition) is 0. The molecule has 0 N–H and O–H groups in total. The molecule has 2 nitrogen and oxygen atoms in total. The molecular formula is C8H12O2SSi. The van der Waals surface area contributed by atoms with Gasteiger partial charge in [0.25, 0.3) is 0 Å². The van der Waals surface area contributed by atoms with Crippen molar-refractivity contribution >= 4 is 20.1 Å². The van der Waals surface area contributed by atoms with E-state index in [4.69, 9.17) is 0 Å². The molecule has 0 aliphatic rings. The predicted octanol–water partition coefficient (Wildman–Crippen LogP) is 0.244. The van der Waals surface area contributed by atoms with Gasteiger partial charge in [-0.05, 0) is 12.1 Å². The quantitative estimate of drug-likeness (QED) is 0.655. The van der Waals surface area contributed by atoms with Gasteiger partial charge in [-0.1, -0.05) is 24.2 Å². The summed E-state index contributed by atoms with van der Waals surface area (Å²) in [5, 5.41) is 0. The smallest absolute Gasteiger partial charge is 0.178 e. The molecule has 1 aromatic carbocycles. The standard InChI is InChI=1S/C8H12O2SSi/c9-11(10,6-7-12)8-4-2-1-3-5-8/h1-5H,6-7H2,12H3. The van der Waals surface area contributed by atoms with E-state index < -0.39 is 9.84 Å². The fourth-order valence-electron chi connectivity index (χ4n) is 1.01. The van der Waals surface area contributed by atoms with Crippen LogP contribution in [-0.2, 0) is 9.84 Å². The first-order chi connectivity index (χ1) is 5.67. The summed E-state index contributed by atoms with van der Waals surface area (Å²) in [7, 11) is -2.03. The first-order valence-electron chi connectivity index (χ1n) is 3.94. The molecule has 1 rings (SSSR count). The third-order valence-corrected chi connectivity index (χ3v) is 4.74. The maximum absolute atomic E-state index is 11.5. The highest BCUT2D eigenvalue weighted by Crippen LogP contribution is 2.10. The minimum absolute atomic E-state index is 0.295. The fourth-order valence-corrected chi connectivity index (χ4v) is 3.97. The Labute approximate surface area is 76.0 Å². The monoisotopic (exact) mass is 200 g/mol. The van der Waals surface area contributed by atoms with Gasteiger partial charge in [-0.25, -0.2) is 8.42 Å². The van der Waals surface area contributed by atoms with Crippen LogP contribution in [0.5, 0.6) is 0 Å². The number of sulfone groups is 1. The lowest BCUT2D eigenvalue weighted by atomic mass is 10.4. The summed E-state index contributed by atoms with van der Waals surface area (Å²) in [6.45, 7) is 0. The fraction of sp³-hybridized carbons (Fsp3) is 0.250. The molecule has 0 saturated heterocycles. The van der Waals surface area contributed by atoms with E-state index in [1.807, 2.05) is 6.07 Å². The van der Waals surface area contributed by atoms with Crippen LogP contribution in [0.1, 0.15) is 0 Å². The molecule has 0 spiro atoms. The van der Waals surface area contributed by atoms with E-state index in [-0.39, 0.29) is 0 Å². The van der Waals surface area contributed by atoms with E-state index in [0.29, 0.717) is 10.6 Å². The van der Waals surface area contributed by atoms with Crippen LogP contribution < -0.4 is 0 Å². The lowest BCUT2D eigenvalue weighted by Gasteiger charge is -2.00. The Hall–Kier alpha value is -0.613. The Balaban J connectivity index is 2.99. The van der Waals surface area contributed by atoms with Crippen molar-refractivity contribution in [2.24, 2.45) is 0 Å². The minimum Gasteiger partial charge on any atom is -0.224 e. The van der Waals surface area contributed by atoms with Crippen molar-refractivity contribution in [2.75, 3.05) is 5.75 Å².